The predicted octanol–water partition coefficient (Wildman–Crippen LogP) is 3.86. The van der Waals surface area contributed by atoms with Crippen LogP contribution < -0.4 is 10.9 Å². The van der Waals surface area contributed by atoms with Crippen LogP contribution in [0.15, 0.2) is 35.1 Å². The molecule has 2 aromatic rings. The number of aromatic nitrogens is 1. The van der Waals surface area contributed by atoms with Crippen molar-refractivity contribution in [3.05, 3.63) is 63.1 Å². The third-order valence-electron chi connectivity index (χ3n) is 4.49. The number of carbonyl (C=O) groups excluding carboxylic acids is 2. The summed E-state index contributed by atoms with van der Waals surface area (Å²) in [7, 11) is 0. The fraction of sp³-hybridized carbons (Fsp3) is 0.409. The van der Waals surface area contributed by atoms with Crippen molar-refractivity contribution in [1.29, 1.82) is 0 Å². The van der Waals surface area contributed by atoms with Gasteiger partial charge in [0.15, 0.2) is 0 Å². The van der Waals surface area contributed by atoms with Gasteiger partial charge < -0.3 is 9.47 Å². The zero-order chi connectivity index (χ0) is 21.8. The standard InChI is InChI=1S/C22H28N2O5/c1-14-15(2)19(23-21(27)28-13-17-10-8-7-9-11-17)20(26)24(16(14)3)12-18(25)29-22(4,5)6/h7-11H,12-13H2,1-6H3,(H,23,27). The van der Waals surface area contributed by atoms with Crippen LogP contribution in [0, 0.1) is 20.8 Å². The Morgan fingerprint density at radius 2 is 1.66 bits per heavy atom. The van der Waals surface area contributed by atoms with Crippen molar-refractivity contribution in [2.24, 2.45) is 0 Å². The lowest BCUT2D eigenvalue weighted by atomic mass is 10.1. The Balaban J connectivity index is 2.23. The number of benzene rings is 1. The number of ether oxygens (including phenoxy) is 2. The molecule has 0 saturated heterocycles. The van der Waals surface area contributed by atoms with Crippen LogP contribution in [0.5, 0.6) is 0 Å². The summed E-state index contributed by atoms with van der Waals surface area (Å²) in [6.07, 6.45) is -0.735. The highest BCUT2D eigenvalue weighted by atomic mass is 16.6. The lowest BCUT2D eigenvalue weighted by molar-refractivity contribution is -0.155. The molecule has 0 aliphatic rings. The third-order valence-corrected chi connectivity index (χ3v) is 4.49. The maximum atomic E-state index is 13.0. The molecule has 0 unspecified atom stereocenters. The Kier molecular flexibility index (Phi) is 6.84. The SMILES string of the molecule is Cc1c(C)c(C)n(CC(=O)OC(C)(C)C)c(=O)c1NC(=O)OCc1ccccc1. The number of carbonyl (C=O) groups is 2. The Bertz CT molecular complexity index is 956. The topological polar surface area (TPSA) is 86.6 Å². The molecule has 0 radical (unpaired) electrons. The molecule has 1 amide bonds. The molecule has 156 valence electrons. The molecular formula is C22H28N2O5. The molecular weight excluding hydrogens is 372 g/mol. The van der Waals surface area contributed by atoms with Gasteiger partial charge in [0.25, 0.3) is 5.56 Å². The molecule has 0 spiro atoms. The van der Waals surface area contributed by atoms with Gasteiger partial charge in [0.05, 0.1) is 0 Å². The van der Waals surface area contributed by atoms with Crippen molar-refractivity contribution in [3.63, 3.8) is 0 Å². The maximum Gasteiger partial charge on any atom is 0.412 e. The summed E-state index contributed by atoms with van der Waals surface area (Å²) in [5.41, 5.74) is 1.86. The smallest absolute Gasteiger partial charge is 0.412 e. The molecule has 0 fully saturated rings. The van der Waals surface area contributed by atoms with Crippen molar-refractivity contribution in [2.45, 2.75) is 60.3 Å². The highest BCUT2D eigenvalue weighted by Gasteiger charge is 2.21. The van der Waals surface area contributed by atoms with Crippen LogP contribution in [0.4, 0.5) is 10.5 Å². The van der Waals surface area contributed by atoms with Crippen LogP contribution in [0.3, 0.4) is 0 Å². The Hall–Kier alpha value is -3.09. The van der Waals surface area contributed by atoms with Gasteiger partial charge in [0.2, 0.25) is 0 Å². The van der Waals surface area contributed by atoms with E-state index in [2.05, 4.69) is 5.32 Å². The van der Waals surface area contributed by atoms with Crippen molar-refractivity contribution < 1.29 is 19.1 Å². The predicted molar refractivity (Wildman–Crippen MR) is 111 cm³/mol. The van der Waals surface area contributed by atoms with Crippen LogP contribution in [0.1, 0.15) is 43.2 Å². The Morgan fingerprint density at radius 1 is 1.03 bits per heavy atom. The minimum Gasteiger partial charge on any atom is -0.459 e. The summed E-state index contributed by atoms with van der Waals surface area (Å²) in [4.78, 5) is 37.4. The van der Waals surface area contributed by atoms with Gasteiger partial charge in [0.1, 0.15) is 24.4 Å². The second-order valence-corrected chi connectivity index (χ2v) is 7.87. The van der Waals surface area contributed by atoms with Gasteiger partial charge in [-0.1, -0.05) is 30.3 Å². The van der Waals surface area contributed by atoms with Gasteiger partial charge in [-0.3, -0.25) is 19.5 Å². The van der Waals surface area contributed by atoms with Crippen LogP contribution in [-0.4, -0.2) is 22.2 Å². The quantitative estimate of drug-likeness (QED) is 0.770. The number of amides is 1. The number of hydrogen-bond donors (Lipinski definition) is 1. The van der Waals surface area contributed by atoms with Gasteiger partial charge in [-0.05, 0) is 58.2 Å². The largest absolute Gasteiger partial charge is 0.459 e. The van der Waals surface area contributed by atoms with Crippen LogP contribution in [-0.2, 0) is 27.4 Å². The van der Waals surface area contributed by atoms with Crippen LogP contribution in [0.25, 0.3) is 0 Å². The fourth-order valence-corrected chi connectivity index (χ4v) is 2.81. The van der Waals surface area contributed by atoms with E-state index in [4.69, 9.17) is 9.47 Å². The zero-order valence-corrected chi connectivity index (χ0v) is 17.8. The van der Waals surface area contributed by atoms with E-state index in [9.17, 15) is 14.4 Å². The molecule has 0 atom stereocenters. The molecule has 2 rings (SSSR count). The summed E-state index contributed by atoms with van der Waals surface area (Å²) in [6, 6.07) is 9.23. The molecule has 29 heavy (non-hydrogen) atoms. The maximum absolute atomic E-state index is 13.0. The summed E-state index contributed by atoms with van der Waals surface area (Å²) in [6.45, 7) is 10.5. The molecule has 0 aliphatic heterocycles. The van der Waals surface area contributed by atoms with E-state index >= 15 is 0 Å². The van der Waals surface area contributed by atoms with Crippen molar-refractivity contribution in [1.82, 2.24) is 4.57 Å². The Labute approximate surface area is 170 Å². The van der Waals surface area contributed by atoms with Gasteiger partial charge in [-0.2, -0.15) is 0 Å². The molecule has 1 N–H and O–H groups in total. The average Bonchev–Trinajstić information content (AvgIpc) is 2.65. The van der Waals surface area contributed by atoms with Crippen molar-refractivity contribution in [2.75, 3.05) is 5.32 Å². The monoisotopic (exact) mass is 400 g/mol. The van der Waals surface area contributed by atoms with E-state index in [0.29, 0.717) is 11.3 Å². The number of pyridine rings is 1. The van der Waals surface area contributed by atoms with Gasteiger partial charge in [-0.15, -0.1) is 0 Å². The molecule has 0 aliphatic carbocycles. The summed E-state index contributed by atoms with van der Waals surface area (Å²) in [5, 5.41) is 2.53. The van der Waals surface area contributed by atoms with Crippen LogP contribution >= 0.6 is 0 Å². The van der Waals surface area contributed by atoms with E-state index in [1.54, 1.807) is 34.6 Å². The number of rotatable bonds is 5. The van der Waals surface area contributed by atoms with E-state index in [0.717, 1.165) is 11.1 Å². The van der Waals surface area contributed by atoms with Gasteiger partial charge >= 0.3 is 12.1 Å². The zero-order valence-electron chi connectivity index (χ0n) is 17.8. The summed E-state index contributed by atoms with van der Waals surface area (Å²) >= 11 is 0. The molecule has 1 aromatic heterocycles. The number of nitrogens with zero attached hydrogens (tertiary/aromatic N) is 1. The molecule has 1 aromatic carbocycles. The number of hydrogen-bond acceptors (Lipinski definition) is 5. The first kappa shape index (κ1) is 22.2. The highest BCUT2D eigenvalue weighted by molar-refractivity contribution is 5.85. The lowest BCUT2D eigenvalue weighted by Gasteiger charge is -2.22. The van der Waals surface area contributed by atoms with Crippen molar-refractivity contribution in [3.8, 4) is 0 Å². The normalized spacial score (nSPS) is 11.1. The second-order valence-electron chi connectivity index (χ2n) is 7.87. The lowest BCUT2D eigenvalue weighted by Crippen LogP contribution is -2.34. The molecule has 7 nitrogen and oxygen atoms in total. The Morgan fingerprint density at radius 3 is 2.24 bits per heavy atom. The first-order chi connectivity index (χ1) is 13.5. The number of anilines is 1. The van der Waals surface area contributed by atoms with Gasteiger partial charge in [-0.25, -0.2) is 4.79 Å². The molecule has 1 heterocycles. The van der Waals surface area contributed by atoms with E-state index in [-0.39, 0.29) is 18.8 Å². The second kappa shape index (κ2) is 8.94. The number of esters is 1. The minimum atomic E-state index is -0.735. The van der Waals surface area contributed by atoms with E-state index < -0.39 is 23.2 Å². The molecule has 7 heteroatoms. The van der Waals surface area contributed by atoms with E-state index in [1.807, 2.05) is 37.3 Å². The van der Waals surface area contributed by atoms with Crippen molar-refractivity contribution >= 4 is 17.7 Å². The van der Waals surface area contributed by atoms with Gasteiger partial charge in [0, 0.05) is 5.69 Å². The first-order valence-corrected chi connectivity index (χ1v) is 9.39. The fourth-order valence-electron chi connectivity index (χ4n) is 2.81. The molecule has 0 saturated carbocycles. The third kappa shape index (κ3) is 5.94. The summed E-state index contributed by atoms with van der Waals surface area (Å²) in [5.74, 6) is -0.524. The molecule has 0 bridgehead atoms. The number of nitrogens with one attached hydrogen (secondary N) is 1. The minimum absolute atomic E-state index is 0.0860. The average molecular weight is 400 g/mol. The highest BCUT2D eigenvalue weighted by Crippen LogP contribution is 2.19. The summed E-state index contributed by atoms with van der Waals surface area (Å²) < 4.78 is 11.8. The first-order valence-electron chi connectivity index (χ1n) is 9.39. The van der Waals surface area contributed by atoms with Crippen LogP contribution in [0.2, 0.25) is 0 Å². The van der Waals surface area contributed by atoms with E-state index in [1.165, 1.54) is 4.57 Å².